The summed E-state index contributed by atoms with van der Waals surface area (Å²) in [5, 5.41) is 13.5. The van der Waals surface area contributed by atoms with Crippen molar-refractivity contribution < 1.29 is 14.6 Å². The maximum Gasteiger partial charge on any atom is 0.259 e. The van der Waals surface area contributed by atoms with E-state index in [4.69, 9.17) is 4.74 Å². The summed E-state index contributed by atoms with van der Waals surface area (Å²) in [4.78, 5) is 19.4. The summed E-state index contributed by atoms with van der Waals surface area (Å²) in [6.07, 6.45) is 1.93. The number of phenolic OH excluding ortho intramolecular Hbond substituents is 1. The molecule has 3 aromatic rings. The van der Waals surface area contributed by atoms with E-state index in [2.05, 4.69) is 15.2 Å². The minimum Gasteiger partial charge on any atom is -0.506 e. The summed E-state index contributed by atoms with van der Waals surface area (Å²) < 4.78 is 5.77. The topological polar surface area (TPSA) is 74.7 Å². The highest BCUT2D eigenvalue weighted by Gasteiger charge is 2.23. The van der Waals surface area contributed by atoms with E-state index in [1.165, 1.54) is 0 Å². The molecule has 30 heavy (non-hydrogen) atoms. The van der Waals surface area contributed by atoms with Crippen LogP contribution in [0.25, 0.3) is 11.1 Å². The van der Waals surface area contributed by atoms with E-state index in [1.54, 1.807) is 24.4 Å². The second-order valence-corrected chi connectivity index (χ2v) is 7.59. The Balaban J connectivity index is 1.49. The van der Waals surface area contributed by atoms with Crippen LogP contribution in [0, 0.1) is 0 Å². The second kappa shape index (κ2) is 8.55. The summed E-state index contributed by atoms with van der Waals surface area (Å²) >= 11 is 0. The molecule has 1 aliphatic rings. The zero-order valence-electron chi connectivity index (χ0n) is 17.1. The molecule has 0 aliphatic carbocycles. The molecule has 2 unspecified atom stereocenters. The number of hydrogen-bond acceptors (Lipinski definition) is 5. The third-order valence-electron chi connectivity index (χ3n) is 5.11. The molecule has 154 valence electrons. The van der Waals surface area contributed by atoms with Gasteiger partial charge in [-0.1, -0.05) is 42.5 Å². The van der Waals surface area contributed by atoms with E-state index in [1.807, 2.05) is 56.3 Å². The highest BCUT2D eigenvalue weighted by molar-refractivity contribution is 6.07. The number of anilines is 2. The van der Waals surface area contributed by atoms with E-state index in [9.17, 15) is 9.90 Å². The van der Waals surface area contributed by atoms with Gasteiger partial charge in [-0.2, -0.15) is 0 Å². The highest BCUT2D eigenvalue weighted by atomic mass is 16.5. The number of phenols is 1. The number of para-hydroxylation sites is 1. The molecule has 2 aromatic carbocycles. The van der Waals surface area contributed by atoms with Crippen molar-refractivity contribution in [2.24, 2.45) is 0 Å². The standard InChI is InChI=1S/C24H25N3O3/c1-16-14-27(15-17(2)30-16)22-12-11-19(13-25-22)26-24(29)21-10-6-9-20(23(21)28)18-7-4-3-5-8-18/h3-13,16-17,28H,14-15H2,1-2H3,(H,26,29). The minimum atomic E-state index is -0.381. The van der Waals surface area contributed by atoms with Crippen LogP contribution in [0.3, 0.4) is 0 Å². The monoisotopic (exact) mass is 403 g/mol. The van der Waals surface area contributed by atoms with Crippen molar-refractivity contribution in [3.05, 3.63) is 72.4 Å². The van der Waals surface area contributed by atoms with E-state index in [-0.39, 0.29) is 29.4 Å². The van der Waals surface area contributed by atoms with Gasteiger partial charge in [-0.3, -0.25) is 4.79 Å². The SMILES string of the molecule is CC1CN(c2ccc(NC(=O)c3cccc(-c4ccccc4)c3O)cn2)CC(C)O1. The number of carbonyl (C=O) groups is 1. The van der Waals surface area contributed by atoms with E-state index in [0.717, 1.165) is 24.5 Å². The van der Waals surface area contributed by atoms with Crippen LogP contribution in [0.2, 0.25) is 0 Å². The summed E-state index contributed by atoms with van der Waals surface area (Å²) in [7, 11) is 0. The fourth-order valence-electron chi connectivity index (χ4n) is 3.79. The number of morpholine rings is 1. The lowest BCUT2D eigenvalue weighted by molar-refractivity contribution is -0.00545. The molecule has 2 atom stereocenters. The van der Waals surface area contributed by atoms with Crippen molar-refractivity contribution in [1.82, 2.24) is 4.98 Å². The van der Waals surface area contributed by atoms with Crippen molar-refractivity contribution in [3.8, 4) is 16.9 Å². The summed E-state index contributed by atoms with van der Waals surface area (Å²) in [5.41, 5.74) is 2.26. The molecular weight excluding hydrogens is 378 g/mol. The van der Waals surface area contributed by atoms with Gasteiger partial charge in [0.05, 0.1) is 29.7 Å². The Morgan fingerprint density at radius 2 is 1.77 bits per heavy atom. The first-order valence-electron chi connectivity index (χ1n) is 10.1. The predicted octanol–water partition coefficient (Wildman–Crippen LogP) is 4.32. The van der Waals surface area contributed by atoms with Crippen molar-refractivity contribution in [2.45, 2.75) is 26.1 Å². The third-order valence-corrected chi connectivity index (χ3v) is 5.11. The van der Waals surface area contributed by atoms with Crippen LogP contribution in [-0.2, 0) is 4.74 Å². The molecule has 0 saturated carbocycles. The van der Waals surface area contributed by atoms with Gasteiger partial charge in [0.2, 0.25) is 0 Å². The average Bonchev–Trinajstić information content (AvgIpc) is 2.74. The van der Waals surface area contributed by atoms with Crippen molar-refractivity contribution >= 4 is 17.4 Å². The molecule has 1 amide bonds. The molecule has 6 nitrogen and oxygen atoms in total. The first kappa shape index (κ1) is 19.9. The quantitative estimate of drug-likeness (QED) is 0.679. The minimum absolute atomic E-state index is 0.0397. The molecule has 6 heteroatoms. The van der Waals surface area contributed by atoms with Gasteiger partial charge in [0.25, 0.3) is 5.91 Å². The van der Waals surface area contributed by atoms with Crippen molar-refractivity contribution in [2.75, 3.05) is 23.3 Å². The number of aromatic hydroxyl groups is 1. The van der Waals surface area contributed by atoms with Gasteiger partial charge in [0.1, 0.15) is 11.6 Å². The molecule has 2 N–H and O–H groups in total. The molecule has 0 spiro atoms. The summed E-state index contributed by atoms with van der Waals surface area (Å²) in [6.45, 7) is 5.66. The van der Waals surface area contributed by atoms with Crippen molar-refractivity contribution in [1.29, 1.82) is 0 Å². The second-order valence-electron chi connectivity index (χ2n) is 7.59. The molecule has 1 saturated heterocycles. The smallest absolute Gasteiger partial charge is 0.259 e. The normalized spacial score (nSPS) is 18.8. The zero-order chi connectivity index (χ0) is 21.1. The number of carbonyl (C=O) groups excluding carboxylic acids is 1. The van der Waals surface area contributed by atoms with Crippen LogP contribution >= 0.6 is 0 Å². The van der Waals surface area contributed by atoms with E-state index in [0.29, 0.717) is 11.3 Å². The van der Waals surface area contributed by atoms with Crippen LogP contribution in [0.1, 0.15) is 24.2 Å². The molecule has 0 bridgehead atoms. The third kappa shape index (κ3) is 4.28. The largest absolute Gasteiger partial charge is 0.506 e. The Bertz CT molecular complexity index is 1010. The Kier molecular flexibility index (Phi) is 5.68. The molecule has 1 aromatic heterocycles. The van der Waals surface area contributed by atoms with Gasteiger partial charge < -0.3 is 20.1 Å². The Morgan fingerprint density at radius 1 is 1.03 bits per heavy atom. The van der Waals surface area contributed by atoms with Gasteiger partial charge >= 0.3 is 0 Å². The highest BCUT2D eigenvalue weighted by Crippen LogP contribution is 2.32. The molecule has 0 radical (unpaired) electrons. The van der Waals surface area contributed by atoms with E-state index >= 15 is 0 Å². The van der Waals surface area contributed by atoms with Crippen LogP contribution in [0.4, 0.5) is 11.5 Å². The first-order chi connectivity index (χ1) is 14.5. The average molecular weight is 403 g/mol. The van der Waals surface area contributed by atoms with Crippen molar-refractivity contribution in [3.63, 3.8) is 0 Å². The number of ether oxygens (including phenoxy) is 1. The van der Waals surface area contributed by atoms with E-state index < -0.39 is 0 Å². The lowest BCUT2D eigenvalue weighted by Crippen LogP contribution is -2.45. The number of nitrogens with zero attached hydrogens (tertiary/aromatic N) is 2. The van der Waals surface area contributed by atoms with Gasteiger partial charge in [-0.15, -0.1) is 0 Å². The number of benzene rings is 2. The zero-order valence-corrected chi connectivity index (χ0v) is 17.1. The molecule has 4 rings (SSSR count). The van der Waals surface area contributed by atoms with Gasteiger partial charge in [-0.05, 0) is 37.6 Å². The predicted molar refractivity (Wildman–Crippen MR) is 118 cm³/mol. The van der Waals surface area contributed by atoms with Crippen LogP contribution in [0.15, 0.2) is 66.9 Å². The van der Waals surface area contributed by atoms with Crippen LogP contribution in [0.5, 0.6) is 5.75 Å². The number of hydrogen-bond donors (Lipinski definition) is 2. The Labute approximate surface area is 176 Å². The number of aromatic nitrogens is 1. The number of pyridine rings is 1. The lowest BCUT2D eigenvalue weighted by atomic mass is 10.0. The fourth-order valence-corrected chi connectivity index (χ4v) is 3.79. The number of amides is 1. The summed E-state index contributed by atoms with van der Waals surface area (Å²) in [6, 6.07) is 18.4. The van der Waals surface area contributed by atoms with Gasteiger partial charge in [0.15, 0.2) is 0 Å². The van der Waals surface area contributed by atoms with Crippen LogP contribution < -0.4 is 10.2 Å². The van der Waals surface area contributed by atoms with Gasteiger partial charge in [0, 0.05) is 18.7 Å². The fraction of sp³-hybridized carbons (Fsp3) is 0.250. The molecule has 1 fully saturated rings. The maximum atomic E-state index is 12.8. The Morgan fingerprint density at radius 3 is 2.43 bits per heavy atom. The van der Waals surface area contributed by atoms with Gasteiger partial charge in [-0.25, -0.2) is 4.98 Å². The number of nitrogens with one attached hydrogen (secondary N) is 1. The molecule has 1 aliphatic heterocycles. The molecular formula is C24H25N3O3. The first-order valence-corrected chi connectivity index (χ1v) is 10.1. The van der Waals surface area contributed by atoms with Crippen LogP contribution in [-0.4, -0.2) is 41.3 Å². The maximum absolute atomic E-state index is 12.8. The number of rotatable bonds is 4. The lowest BCUT2D eigenvalue weighted by Gasteiger charge is -2.36. The summed E-state index contributed by atoms with van der Waals surface area (Å²) in [5.74, 6) is 0.430. The Hall–Kier alpha value is -3.38. The molecule has 2 heterocycles.